The molecule has 170 valence electrons. The third-order valence-electron chi connectivity index (χ3n) is 5.05. The van der Waals surface area contributed by atoms with Gasteiger partial charge in [-0.05, 0) is 62.2 Å². The first-order valence-corrected chi connectivity index (χ1v) is 11.0. The normalized spacial score (nSPS) is 17.9. The van der Waals surface area contributed by atoms with E-state index >= 15 is 0 Å². The fraction of sp³-hybridized carbons (Fsp3) is 0.333. The molecule has 0 spiro atoms. The lowest BCUT2D eigenvalue weighted by Crippen LogP contribution is -2.31. The van der Waals surface area contributed by atoms with Crippen LogP contribution in [0.5, 0.6) is 5.75 Å². The summed E-state index contributed by atoms with van der Waals surface area (Å²) in [5.74, 6) is -1.06. The lowest BCUT2D eigenvalue weighted by Gasteiger charge is -2.25. The topological polar surface area (TPSA) is 76.1 Å². The molecule has 0 saturated carbocycles. The second-order valence-electron chi connectivity index (χ2n) is 7.70. The van der Waals surface area contributed by atoms with E-state index in [2.05, 4.69) is 0 Å². The van der Waals surface area contributed by atoms with Crippen molar-refractivity contribution in [2.45, 2.75) is 32.4 Å². The number of hydrogen-bond acceptors (Lipinski definition) is 5. The summed E-state index contributed by atoms with van der Waals surface area (Å²) in [6.07, 6.45) is 0.532. The average Bonchev–Trinajstić information content (AvgIpc) is 3.00. The van der Waals surface area contributed by atoms with E-state index in [1.807, 2.05) is 13.8 Å². The number of Topliss-reactive ketones (excluding diaryl/α,β-unsaturated/α-hetero) is 1. The number of ether oxygens (including phenoxy) is 2. The Morgan fingerprint density at radius 3 is 2.38 bits per heavy atom. The summed E-state index contributed by atoms with van der Waals surface area (Å²) in [6.45, 7) is 4.53. The number of carbonyl (C=O) groups is 2. The van der Waals surface area contributed by atoms with Crippen LogP contribution in [-0.2, 0) is 14.3 Å². The van der Waals surface area contributed by atoms with E-state index in [4.69, 9.17) is 32.7 Å². The van der Waals surface area contributed by atoms with Gasteiger partial charge in [-0.1, -0.05) is 29.3 Å². The van der Waals surface area contributed by atoms with Crippen LogP contribution in [0.4, 0.5) is 0 Å². The number of halogens is 2. The second kappa shape index (κ2) is 10.4. The van der Waals surface area contributed by atoms with Crippen molar-refractivity contribution in [3.8, 4) is 5.75 Å². The molecule has 1 fully saturated rings. The lowest BCUT2D eigenvalue weighted by atomic mass is 9.95. The second-order valence-corrected chi connectivity index (χ2v) is 8.52. The molecule has 1 aliphatic heterocycles. The third kappa shape index (κ3) is 5.09. The van der Waals surface area contributed by atoms with E-state index < -0.39 is 17.7 Å². The molecule has 0 bridgehead atoms. The van der Waals surface area contributed by atoms with Gasteiger partial charge >= 0.3 is 0 Å². The molecule has 1 unspecified atom stereocenters. The molecule has 1 atom stereocenters. The van der Waals surface area contributed by atoms with Crippen LogP contribution in [0, 0.1) is 0 Å². The zero-order valence-corrected chi connectivity index (χ0v) is 19.6. The number of carbonyl (C=O) groups excluding carboxylic acids is 2. The van der Waals surface area contributed by atoms with Gasteiger partial charge in [-0.2, -0.15) is 0 Å². The Morgan fingerprint density at radius 1 is 1.09 bits per heavy atom. The van der Waals surface area contributed by atoms with Gasteiger partial charge in [-0.3, -0.25) is 9.59 Å². The van der Waals surface area contributed by atoms with E-state index in [1.165, 1.54) is 4.90 Å². The van der Waals surface area contributed by atoms with Gasteiger partial charge in [0, 0.05) is 25.8 Å². The van der Waals surface area contributed by atoms with E-state index in [9.17, 15) is 14.7 Å². The lowest BCUT2D eigenvalue weighted by molar-refractivity contribution is -0.140. The smallest absolute Gasteiger partial charge is 0.295 e. The summed E-state index contributed by atoms with van der Waals surface area (Å²) >= 11 is 12.3. The van der Waals surface area contributed by atoms with Gasteiger partial charge in [-0.25, -0.2) is 0 Å². The Morgan fingerprint density at radius 2 is 1.78 bits per heavy atom. The molecular formula is C24H25Cl2NO5. The van der Waals surface area contributed by atoms with E-state index in [-0.39, 0.29) is 24.0 Å². The van der Waals surface area contributed by atoms with E-state index in [0.717, 1.165) is 0 Å². The van der Waals surface area contributed by atoms with Gasteiger partial charge in [-0.15, -0.1) is 0 Å². The van der Waals surface area contributed by atoms with Crippen LogP contribution in [0.2, 0.25) is 10.0 Å². The molecule has 1 N–H and O–H groups in total. The number of nitrogens with zero attached hydrogens (tertiary/aromatic N) is 1. The Bertz CT molecular complexity index is 1030. The van der Waals surface area contributed by atoms with Crippen molar-refractivity contribution >= 4 is 40.7 Å². The Labute approximate surface area is 197 Å². The van der Waals surface area contributed by atoms with Crippen LogP contribution in [0.15, 0.2) is 48.0 Å². The zero-order chi connectivity index (χ0) is 23.4. The highest BCUT2D eigenvalue weighted by molar-refractivity contribution is 6.46. The molecule has 6 nitrogen and oxygen atoms in total. The number of ketones is 1. The largest absolute Gasteiger partial charge is 0.507 e. The monoisotopic (exact) mass is 477 g/mol. The zero-order valence-electron chi connectivity index (χ0n) is 18.1. The molecule has 0 aliphatic carbocycles. The maximum atomic E-state index is 13.0. The van der Waals surface area contributed by atoms with Crippen molar-refractivity contribution in [1.82, 2.24) is 4.90 Å². The van der Waals surface area contributed by atoms with Gasteiger partial charge < -0.3 is 19.5 Å². The molecule has 1 saturated heterocycles. The summed E-state index contributed by atoms with van der Waals surface area (Å²) in [5, 5.41) is 11.7. The SMILES string of the molecule is COCCCN1C(=O)C(=O)/C(=C(/O)c2ccc(OC(C)C)cc2)C1c1ccc(Cl)c(Cl)c1. The quantitative estimate of drug-likeness (QED) is 0.243. The Hall–Kier alpha value is -2.54. The Kier molecular flexibility index (Phi) is 7.82. The predicted octanol–water partition coefficient (Wildman–Crippen LogP) is 5.24. The van der Waals surface area contributed by atoms with Gasteiger partial charge in [0.1, 0.15) is 11.5 Å². The number of aliphatic hydroxyl groups excluding tert-OH is 1. The van der Waals surface area contributed by atoms with Crippen LogP contribution in [0.1, 0.15) is 37.4 Å². The summed E-state index contributed by atoms with van der Waals surface area (Å²) in [6, 6.07) is 10.8. The number of hydrogen-bond donors (Lipinski definition) is 1. The minimum atomic E-state index is -0.798. The summed E-state index contributed by atoms with van der Waals surface area (Å²) in [4.78, 5) is 27.3. The highest BCUT2D eigenvalue weighted by Crippen LogP contribution is 2.41. The van der Waals surface area contributed by atoms with Crippen molar-refractivity contribution in [1.29, 1.82) is 0 Å². The fourth-order valence-corrected chi connectivity index (χ4v) is 3.94. The number of methoxy groups -OCH3 is 1. The van der Waals surface area contributed by atoms with Gasteiger partial charge in [0.25, 0.3) is 11.7 Å². The van der Waals surface area contributed by atoms with Crippen molar-refractivity contribution in [2.24, 2.45) is 0 Å². The van der Waals surface area contributed by atoms with E-state index in [1.54, 1.807) is 49.6 Å². The molecular weight excluding hydrogens is 453 g/mol. The van der Waals surface area contributed by atoms with Crippen LogP contribution in [0.25, 0.3) is 5.76 Å². The minimum Gasteiger partial charge on any atom is -0.507 e. The van der Waals surface area contributed by atoms with Crippen LogP contribution >= 0.6 is 23.2 Å². The molecule has 2 aromatic rings. The average molecular weight is 478 g/mol. The molecule has 0 radical (unpaired) electrons. The van der Waals surface area contributed by atoms with Crippen molar-refractivity contribution in [3.05, 3.63) is 69.2 Å². The maximum Gasteiger partial charge on any atom is 0.295 e. The summed E-state index contributed by atoms with van der Waals surface area (Å²) in [5.41, 5.74) is 0.988. The molecule has 8 heteroatoms. The fourth-order valence-electron chi connectivity index (χ4n) is 3.64. The van der Waals surface area contributed by atoms with E-state index in [0.29, 0.717) is 39.9 Å². The number of amides is 1. The molecule has 32 heavy (non-hydrogen) atoms. The molecule has 1 amide bonds. The van der Waals surface area contributed by atoms with Gasteiger partial charge in [0.15, 0.2) is 0 Å². The summed E-state index contributed by atoms with van der Waals surface area (Å²) in [7, 11) is 1.57. The maximum absolute atomic E-state index is 13.0. The number of likely N-dealkylation sites (tertiary alicyclic amines) is 1. The Balaban J connectivity index is 2.08. The summed E-state index contributed by atoms with van der Waals surface area (Å²) < 4.78 is 10.7. The highest BCUT2D eigenvalue weighted by atomic mass is 35.5. The van der Waals surface area contributed by atoms with Crippen molar-refractivity contribution in [2.75, 3.05) is 20.3 Å². The molecule has 2 aromatic carbocycles. The van der Waals surface area contributed by atoms with Gasteiger partial charge in [0.2, 0.25) is 0 Å². The van der Waals surface area contributed by atoms with Crippen LogP contribution in [-0.4, -0.2) is 48.1 Å². The molecule has 1 aliphatic rings. The number of aliphatic hydroxyl groups is 1. The molecule has 1 heterocycles. The predicted molar refractivity (Wildman–Crippen MR) is 124 cm³/mol. The first-order chi connectivity index (χ1) is 15.2. The van der Waals surface area contributed by atoms with Crippen molar-refractivity contribution < 1.29 is 24.2 Å². The minimum absolute atomic E-state index is 0.00141. The number of rotatable bonds is 8. The molecule has 3 rings (SSSR count). The van der Waals surface area contributed by atoms with Gasteiger partial charge in [0.05, 0.1) is 27.8 Å². The van der Waals surface area contributed by atoms with Crippen LogP contribution in [0.3, 0.4) is 0 Å². The number of benzene rings is 2. The first kappa shape index (κ1) is 24.1. The third-order valence-corrected chi connectivity index (χ3v) is 5.79. The first-order valence-electron chi connectivity index (χ1n) is 10.2. The standard InChI is InChI=1S/C24H25Cl2NO5/c1-14(2)32-17-8-5-15(6-9-17)22(28)20-21(16-7-10-18(25)19(26)13-16)27(11-4-12-31-3)24(30)23(20)29/h5-10,13-14,21,28H,4,11-12H2,1-3H3/b22-20+. The molecule has 0 aromatic heterocycles. The van der Waals surface area contributed by atoms with Crippen molar-refractivity contribution in [3.63, 3.8) is 0 Å². The van der Waals surface area contributed by atoms with Crippen LogP contribution < -0.4 is 4.74 Å². The highest BCUT2D eigenvalue weighted by Gasteiger charge is 2.45.